The highest BCUT2D eigenvalue weighted by molar-refractivity contribution is 5.92. The van der Waals surface area contributed by atoms with Gasteiger partial charge >= 0.3 is 0 Å². The average molecular weight is 501 g/mol. The number of piperidine rings is 1. The minimum atomic E-state index is -0.241. The third-order valence-electron chi connectivity index (χ3n) is 9.38. The van der Waals surface area contributed by atoms with E-state index >= 15 is 0 Å². The first-order valence-corrected chi connectivity index (χ1v) is 13.4. The SMILES string of the molecule is C=CCN1CC[C@]23c4c5c(O)cc(OC)c4O[C@H]2[C@H](N(C)C(=O)C=Cc2cccc(C)c2)CC[C@H]3[C@H]1C5. The van der Waals surface area contributed by atoms with E-state index < -0.39 is 0 Å². The van der Waals surface area contributed by atoms with Crippen LogP contribution in [-0.2, 0) is 16.6 Å². The van der Waals surface area contributed by atoms with E-state index in [1.54, 1.807) is 19.3 Å². The highest BCUT2D eigenvalue weighted by atomic mass is 16.5. The number of phenolic OH excluding ortho intramolecular Hbond substituents is 1. The van der Waals surface area contributed by atoms with Crippen molar-refractivity contribution in [3.05, 3.63) is 71.3 Å². The van der Waals surface area contributed by atoms with Crippen molar-refractivity contribution in [2.75, 3.05) is 27.2 Å². The maximum atomic E-state index is 13.4. The first-order valence-electron chi connectivity index (χ1n) is 13.4. The van der Waals surface area contributed by atoms with Crippen LogP contribution in [-0.4, -0.2) is 66.2 Å². The molecule has 194 valence electrons. The van der Waals surface area contributed by atoms with Gasteiger partial charge in [0, 0.05) is 48.3 Å². The molecule has 4 aliphatic rings. The lowest BCUT2D eigenvalue weighted by Gasteiger charge is -2.60. The minimum absolute atomic E-state index is 0.0209. The Morgan fingerprint density at radius 1 is 1.35 bits per heavy atom. The molecule has 2 aliphatic carbocycles. The van der Waals surface area contributed by atoms with Crippen LogP contribution in [0.2, 0.25) is 0 Å². The molecule has 6 rings (SSSR count). The summed E-state index contributed by atoms with van der Waals surface area (Å²) in [7, 11) is 3.53. The molecule has 1 saturated carbocycles. The normalized spacial score (nSPS) is 29.5. The van der Waals surface area contributed by atoms with Crippen LogP contribution in [0, 0.1) is 12.8 Å². The van der Waals surface area contributed by atoms with E-state index in [-0.39, 0.29) is 29.2 Å². The first-order chi connectivity index (χ1) is 17.9. The van der Waals surface area contributed by atoms with Gasteiger partial charge in [0.25, 0.3) is 0 Å². The topological polar surface area (TPSA) is 62.2 Å². The van der Waals surface area contributed by atoms with Crippen LogP contribution in [0.25, 0.3) is 6.08 Å². The first kappa shape index (κ1) is 24.1. The summed E-state index contributed by atoms with van der Waals surface area (Å²) in [5.74, 6) is 2.01. The number of hydrogen-bond acceptors (Lipinski definition) is 5. The number of carbonyl (C=O) groups excluding carboxylic acids is 1. The molecule has 2 heterocycles. The van der Waals surface area contributed by atoms with Gasteiger partial charge in [-0.15, -0.1) is 6.58 Å². The molecule has 6 heteroatoms. The van der Waals surface area contributed by atoms with Crippen molar-refractivity contribution >= 4 is 12.0 Å². The number of rotatable bonds is 6. The molecule has 2 bridgehead atoms. The number of benzene rings is 2. The summed E-state index contributed by atoms with van der Waals surface area (Å²) in [5, 5.41) is 11.1. The Hall–Kier alpha value is -3.25. The summed E-state index contributed by atoms with van der Waals surface area (Å²) in [4.78, 5) is 17.8. The summed E-state index contributed by atoms with van der Waals surface area (Å²) in [6.07, 6.45) is 8.99. The van der Waals surface area contributed by atoms with Gasteiger partial charge in [-0.25, -0.2) is 0 Å². The second-order valence-corrected chi connectivity index (χ2v) is 11.1. The third-order valence-corrected chi connectivity index (χ3v) is 9.38. The Morgan fingerprint density at radius 3 is 2.95 bits per heavy atom. The van der Waals surface area contributed by atoms with Crippen molar-refractivity contribution < 1.29 is 19.4 Å². The van der Waals surface area contributed by atoms with Crippen LogP contribution in [0.5, 0.6) is 17.2 Å². The Morgan fingerprint density at radius 2 is 2.19 bits per heavy atom. The van der Waals surface area contributed by atoms with Gasteiger partial charge in [-0.1, -0.05) is 35.9 Å². The maximum Gasteiger partial charge on any atom is 0.246 e. The summed E-state index contributed by atoms with van der Waals surface area (Å²) in [6, 6.07) is 10.1. The molecule has 1 saturated heterocycles. The smallest absolute Gasteiger partial charge is 0.246 e. The van der Waals surface area contributed by atoms with Crippen molar-refractivity contribution in [3.8, 4) is 17.2 Å². The van der Waals surface area contributed by atoms with Crippen molar-refractivity contribution in [2.45, 2.75) is 56.2 Å². The second-order valence-electron chi connectivity index (χ2n) is 11.1. The molecular formula is C31H36N2O4. The van der Waals surface area contributed by atoms with E-state index in [0.29, 0.717) is 17.7 Å². The van der Waals surface area contributed by atoms with Gasteiger partial charge in [-0.3, -0.25) is 9.69 Å². The van der Waals surface area contributed by atoms with Gasteiger partial charge in [0.1, 0.15) is 11.9 Å². The highest BCUT2D eigenvalue weighted by Crippen LogP contribution is 2.65. The third kappa shape index (κ3) is 3.52. The van der Waals surface area contributed by atoms with Gasteiger partial charge in [-0.2, -0.15) is 0 Å². The van der Waals surface area contributed by atoms with E-state index in [1.807, 2.05) is 36.2 Å². The number of likely N-dealkylation sites (tertiary alicyclic amines) is 1. The van der Waals surface area contributed by atoms with Crippen LogP contribution in [0.4, 0.5) is 0 Å². The van der Waals surface area contributed by atoms with Gasteiger partial charge < -0.3 is 19.5 Å². The number of nitrogens with zero attached hydrogens (tertiary/aromatic N) is 2. The standard InChI is InChI=1S/C31H36N2O4/c1-5-14-33-15-13-31-22-10-11-23(32(3)27(35)12-9-20-8-6-7-19(2)16-20)30(31)37-29-26(36-4)18-25(34)21(28(29)31)17-24(22)33/h5-9,12,16,18,22-24,30,34H,1,10-11,13-15,17H2,2-4H3/t22-,23+,24+,30-,31-/m0/s1. The van der Waals surface area contributed by atoms with Crippen LogP contribution in [0.1, 0.15) is 41.5 Å². The van der Waals surface area contributed by atoms with Crippen molar-refractivity contribution in [2.24, 2.45) is 5.92 Å². The summed E-state index contributed by atoms with van der Waals surface area (Å²) in [6.45, 7) is 7.83. The van der Waals surface area contributed by atoms with Crippen molar-refractivity contribution in [3.63, 3.8) is 0 Å². The molecule has 2 aromatic carbocycles. The molecule has 0 radical (unpaired) electrons. The van der Waals surface area contributed by atoms with Gasteiger partial charge in [0.05, 0.1) is 13.2 Å². The number of hydrogen-bond donors (Lipinski definition) is 1. The number of likely N-dealkylation sites (N-methyl/N-ethyl adjacent to an activating group) is 1. The second kappa shape index (κ2) is 8.95. The maximum absolute atomic E-state index is 13.4. The van der Waals surface area contributed by atoms with Gasteiger partial charge in [-0.05, 0) is 56.7 Å². The van der Waals surface area contributed by atoms with Gasteiger partial charge in [0.2, 0.25) is 5.91 Å². The fourth-order valence-electron chi connectivity index (χ4n) is 7.81. The molecule has 2 aromatic rings. The number of aromatic hydroxyl groups is 1. The molecule has 2 aliphatic heterocycles. The molecule has 6 nitrogen and oxygen atoms in total. The zero-order valence-corrected chi connectivity index (χ0v) is 21.9. The fourth-order valence-corrected chi connectivity index (χ4v) is 7.81. The Labute approximate surface area is 219 Å². The molecule has 0 unspecified atom stereocenters. The number of ether oxygens (including phenoxy) is 2. The summed E-state index contributed by atoms with van der Waals surface area (Å²) < 4.78 is 12.5. The Kier molecular flexibility index (Phi) is 5.83. The molecule has 37 heavy (non-hydrogen) atoms. The van der Waals surface area contributed by atoms with E-state index in [0.717, 1.165) is 61.2 Å². The minimum Gasteiger partial charge on any atom is -0.508 e. The molecular weight excluding hydrogens is 464 g/mol. The molecule has 5 atom stereocenters. The molecule has 2 fully saturated rings. The van der Waals surface area contributed by atoms with Crippen molar-refractivity contribution in [1.29, 1.82) is 0 Å². The summed E-state index contributed by atoms with van der Waals surface area (Å²) in [5.41, 5.74) is 4.06. The highest BCUT2D eigenvalue weighted by Gasteiger charge is 2.66. The molecule has 1 spiro atoms. The molecule has 0 aromatic heterocycles. The van der Waals surface area contributed by atoms with Crippen LogP contribution >= 0.6 is 0 Å². The monoisotopic (exact) mass is 500 g/mol. The summed E-state index contributed by atoms with van der Waals surface area (Å²) >= 11 is 0. The number of carbonyl (C=O) groups is 1. The number of amides is 1. The molecule has 1 amide bonds. The predicted molar refractivity (Wildman–Crippen MR) is 144 cm³/mol. The van der Waals surface area contributed by atoms with Crippen molar-refractivity contribution in [1.82, 2.24) is 9.80 Å². The Balaban J connectivity index is 1.38. The lowest BCUT2D eigenvalue weighted by Crippen LogP contribution is -2.68. The van der Waals surface area contributed by atoms with Crippen LogP contribution < -0.4 is 9.47 Å². The number of methoxy groups -OCH3 is 1. The zero-order valence-electron chi connectivity index (χ0n) is 21.9. The average Bonchev–Trinajstić information content (AvgIpc) is 3.23. The van der Waals surface area contributed by atoms with Crippen LogP contribution in [0.15, 0.2) is 49.1 Å². The fraction of sp³-hybridized carbons (Fsp3) is 0.452. The lowest BCUT2D eigenvalue weighted by molar-refractivity contribution is -0.135. The largest absolute Gasteiger partial charge is 0.508 e. The van der Waals surface area contributed by atoms with E-state index in [4.69, 9.17) is 9.47 Å². The lowest BCUT2D eigenvalue weighted by atomic mass is 9.51. The van der Waals surface area contributed by atoms with Crippen LogP contribution in [0.3, 0.4) is 0 Å². The number of phenols is 1. The number of aryl methyl sites for hydroxylation is 1. The Bertz CT molecular complexity index is 1290. The quantitative estimate of drug-likeness (QED) is 0.468. The van der Waals surface area contributed by atoms with E-state index in [9.17, 15) is 9.90 Å². The van der Waals surface area contributed by atoms with E-state index in [2.05, 4.69) is 30.5 Å². The van der Waals surface area contributed by atoms with E-state index in [1.165, 1.54) is 5.56 Å². The van der Waals surface area contributed by atoms with Gasteiger partial charge in [0.15, 0.2) is 11.5 Å². The predicted octanol–water partition coefficient (Wildman–Crippen LogP) is 4.47. The zero-order chi connectivity index (χ0) is 25.9. The molecule has 1 N–H and O–H groups in total.